The number of hydrogen-bond acceptors (Lipinski definition) is 3. The monoisotopic (exact) mass is 226 g/mol. The van der Waals surface area contributed by atoms with Gasteiger partial charge in [-0.1, -0.05) is 0 Å². The molecule has 2 atom stereocenters. The number of Topliss-reactive ketones (excluding diaryl/α,β-unsaturated/α-hetero) is 1. The van der Waals surface area contributed by atoms with E-state index >= 15 is 0 Å². The summed E-state index contributed by atoms with van der Waals surface area (Å²) in [5, 5.41) is 9.28. The van der Waals surface area contributed by atoms with Gasteiger partial charge in [-0.15, -0.1) is 0 Å². The fraction of sp³-hybridized carbons (Fsp3) is 0.417. The minimum absolute atomic E-state index is 0.188. The van der Waals surface area contributed by atoms with E-state index < -0.39 is 18.0 Å². The fourth-order valence-electron chi connectivity index (χ4n) is 1.18. The summed E-state index contributed by atoms with van der Waals surface area (Å²) < 4.78 is 18.3. The highest BCUT2D eigenvalue weighted by Gasteiger charge is 2.15. The van der Waals surface area contributed by atoms with Crippen LogP contribution in [0.2, 0.25) is 0 Å². The number of halogens is 1. The van der Waals surface area contributed by atoms with Gasteiger partial charge in [0.25, 0.3) is 0 Å². The van der Waals surface area contributed by atoms with E-state index in [4.69, 9.17) is 4.74 Å². The molecule has 0 amide bonds. The molecular weight excluding hydrogens is 211 g/mol. The highest BCUT2D eigenvalue weighted by atomic mass is 19.1. The van der Waals surface area contributed by atoms with Crippen LogP contribution >= 0.6 is 0 Å². The number of hydrogen-bond donors (Lipinski definition) is 1. The Morgan fingerprint density at radius 3 is 2.56 bits per heavy atom. The molecule has 0 fully saturated rings. The topological polar surface area (TPSA) is 46.5 Å². The molecule has 0 aliphatic rings. The van der Waals surface area contributed by atoms with Crippen molar-refractivity contribution in [2.24, 2.45) is 0 Å². The Morgan fingerprint density at radius 1 is 1.44 bits per heavy atom. The van der Waals surface area contributed by atoms with Gasteiger partial charge in [-0.25, -0.2) is 4.39 Å². The summed E-state index contributed by atoms with van der Waals surface area (Å²) in [5.74, 6) is -0.461. The van der Waals surface area contributed by atoms with Crippen molar-refractivity contribution >= 4 is 5.78 Å². The van der Waals surface area contributed by atoms with Gasteiger partial charge < -0.3 is 9.84 Å². The molecule has 16 heavy (non-hydrogen) atoms. The van der Waals surface area contributed by atoms with E-state index in [9.17, 15) is 14.3 Å². The average Bonchev–Trinajstić information content (AvgIpc) is 2.20. The first-order valence-corrected chi connectivity index (χ1v) is 5.07. The molecule has 0 saturated heterocycles. The quantitative estimate of drug-likeness (QED) is 0.800. The van der Waals surface area contributed by atoms with Crippen LogP contribution in [0, 0.1) is 5.82 Å². The first-order chi connectivity index (χ1) is 7.41. The fourth-order valence-corrected chi connectivity index (χ4v) is 1.18. The van der Waals surface area contributed by atoms with Crippen LogP contribution in [0.1, 0.15) is 31.1 Å². The zero-order valence-corrected chi connectivity index (χ0v) is 9.53. The van der Waals surface area contributed by atoms with Crippen molar-refractivity contribution < 1.29 is 19.0 Å². The number of carbonyl (C=O) groups is 1. The second-order valence-corrected chi connectivity index (χ2v) is 3.76. The predicted molar refractivity (Wildman–Crippen MR) is 58.2 cm³/mol. The Morgan fingerprint density at radius 2 is 2.06 bits per heavy atom. The third-order valence-electron chi connectivity index (χ3n) is 2.31. The molecule has 88 valence electrons. The molecule has 0 aromatic heterocycles. The molecule has 0 radical (unpaired) electrons. The molecule has 0 spiro atoms. The SMILES string of the molecule is CC(=O)c1cc(F)ccc1OC(C)C(C)O. The van der Waals surface area contributed by atoms with Crippen molar-refractivity contribution in [2.45, 2.75) is 33.0 Å². The molecule has 1 N–H and O–H groups in total. The van der Waals surface area contributed by atoms with Gasteiger partial charge in [-0.05, 0) is 39.0 Å². The van der Waals surface area contributed by atoms with Crippen LogP contribution < -0.4 is 4.74 Å². The number of benzene rings is 1. The van der Waals surface area contributed by atoms with Crippen LogP contribution in [-0.4, -0.2) is 23.1 Å². The van der Waals surface area contributed by atoms with E-state index in [-0.39, 0.29) is 11.3 Å². The van der Waals surface area contributed by atoms with Crippen LogP contribution in [-0.2, 0) is 0 Å². The van der Waals surface area contributed by atoms with Crippen molar-refractivity contribution in [1.29, 1.82) is 0 Å². The molecule has 2 unspecified atom stereocenters. The minimum Gasteiger partial charge on any atom is -0.487 e. The summed E-state index contributed by atoms with van der Waals surface area (Å²) in [5.41, 5.74) is 0.188. The number of rotatable bonds is 4. The summed E-state index contributed by atoms with van der Waals surface area (Å²) in [7, 11) is 0. The molecule has 0 aliphatic carbocycles. The number of ketones is 1. The first kappa shape index (κ1) is 12.6. The lowest BCUT2D eigenvalue weighted by Gasteiger charge is -2.18. The van der Waals surface area contributed by atoms with Crippen LogP contribution in [0.4, 0.5) is 4.39 Å². The van der Waals surface area contributed by atoms with Crippen LogP contribution in [0.3, 0.4) is 0 Å². The zero-order chi connectivity index (χ0) is 12.3. The van der Waals surface area contributed by atoms with Crippen LogP contribution in [0.15, 0.2) is 18.2 Å². The van der Waals surface area contributed by atoms with Gasteiger partial charge in [0.1, 0.15) is 17.7 Å². The summed E-state index contributed by atoms with van der Waals surface area (Å²) in [6, 6.07) is 3.74. The number of carbonyl (C=O) groups excluding carboxylic acids is 1. The van der Waals surface area contributed by atoms with Gasteiger partial charge in [0.15, 0.2) is 5.78 Å². The zero-order valence-electron chi connectivity index (χ0n) is 9.53. The van der Waals surface area contributed by atoms with E-state index in [2.05, 4.69) is 0 Å². The summed E-state index contributed by atoms with van der Waals surface area (Å²) in [4.78, 5) is 11.3. The average molecular weight is 226 g/mol. The lowest BCUT2D eigenvalue weighted by molar-refractivity contribution is 0.0593. The largest absolute Gasteiger partial charge is 0.487 e. The second kappa shape index (κ2) is 5.07. The van der Waals surface area contributed by atoms with Gasteiger partial charge in [0, 0.05) is 0 Å². The Labute approximate surface area is 93.9 Å². The Kier molecular flexibility index (Phi) is 4.01. The summed E-state index contributed by atoms with van der Waals surface area (Å²) in [6.45, 7) is 4.61. The second-order valence-electron chi connectivity index (χ2n) is 3.76. The van der Waals surface area contributed by atoms with Crippen molar-refractivity contribution in [3.63, 3.8) is 0 Å². The molecule has 1 aromatic rings. The van der Waals surface area contributed by atoms with Gasteiger partial charge in [0.05, 0.1) is 11.7 Å². The van der Waals surface area contributed by atoms with Gasteiger partial charge in [-0.2, -0.15) is 0 Å². The molecular formula is C12H15FO3. The van der Waals surface area contributed by atoms with Gasteiger partial charge >= 0.3 is 0 Å². The first-order valence-electron chi connectivity index (χ1n) is 5.07. The van der Waals surface area contributed by atoms with Crippen LogP contribution in [0.25, 0.3) is 0 Å². The predicted octanol–water partition coefficient (Wildman–Crippen LogP) is 2.18. The maximum atomic E-state index is 12.9. The van der Waals surface area contributed by atoms with Crippen molar-refractivity contribution in [3.05, 3.63) is 29.6 Å². The highest BCUT2D eigenvalue weighted by Crippen LogP contribution is 2.22. The van der Waals surface area contributed by atoms with Crippen molar-refractivity contribution in [1.82, 2.24) is 0 Å². The van der Waals surface area contributed by atoms with Gasteiger partial charge in [0.2, 0.25) is 0 Å². The van der Waals surface area contributed by atoms with E-state index in [1.54, 1.807) is 13.8 Å². The van der Waals surface area contributed by atoms with E-state index in [0.717, 1.165) is 6.07 Å². The van der Waals surface area contributed by atoms with Crippen molar-refractivity contribution in [3.8, 4) is 5.75 Å². The Bertz CT molecular complexity index is 388. The standard InChI is InChI=1S/C12H15FO3/c1-7(14)9(3)16-12-5-4-10(13)6-11(12)8(2)15/h4-7,9,14H,1-3H3. The van der Waals surface area contributed by atoms with Crippen LogP contribution in [0.5, 0.6) is 5.75 Å². The summed E-state index contributed by atoms with van der Waals surface area (Å²) >= 11 is 0. The normalized spacial score (nSPS) is 14.3. The van der Waals surface area contributed by atoms with Gasteiger partial charge in [-0.3, -0.25) is 4.79 Å². The van der Waals surface area contributed by atoms with Crippen molar-refractivity contribution in [2.75, 3.05) is 0 Å². The minimum atomic E-state index is -0.662. The van der Waals surface area contributed by atoms with E-state index in [0.29, 0.717) is 5.75 Å². The molecule has 3 nitrogen and oxygen atoms in total. The number of ether oxygens (including phenoxy) is 1. The Balaban J connectivity index is 2.99. The molecule has 0 bridgehead atoms. The lowest BCUT2D eigenvalue weighted by Crippen LogP contribution is -2.26. The molecule has 0 aliphatic heterocycles. The maximum absolute atomic E-state index is 12.9. The lowest BCUT2D eigenvalue weighted by atomic mass is 10.1. The maximum Gasteiger partial charge on any atom is 0.163 e. The molecule has 1 rings (SSSR count). The molecule has 0 heterocycles. The molecule has 1 aromatic carbocycles. The van der Waals surface area contributed by atoms with E-state index in [1.165, 1.54) is 19.1 Å². The smallest absolute Gasteiger partial charge is 0.163 e. The molecule has 4 heteroatoms. The Hall–Kier alpha value is -1.42. The third-order valence-corrected chi connectivity index (χ3v) is 2.31. The third kappa shape index (κ3) is 3.03. The van der Waals surface area contributed by atoms with E-state index in [1.807, 2.05) is 0 Å². The number of aliphatic hydroxyl groups is 1. The molecule has 0 saturated carbocycles. The highest BCUT2D eigenvalue weighted by molar-refractivity contribution is 5.96. The summed E-state index contributed by atoms with van der Waals surface area (Å²) in [6.07, 6.45) is -1.12. The number of aliphatic hydroxyl groups excluding tert-OH is 1.